The van der Waals surface area contributed by atoms with Gasteiger partial charge >= 0.3 is 0 Å². The fraction of sp³-hybridized carbons (Fsp3) is 0.471. The summed E-state index contributed by atoms with van der Waals surface area (Å²) in [7, 11) is 0. The zero-order valence-corrected chi connectivity index (χ0v) is 12.8. The average molecular weight is 285 g/mol. The predicted molar refractivity (Wildman–Crippen MR) is 86.1 cm³/mol. The van der Waals surface area contributed by atoms with E-state index in [9.17, 15) is 4.79 Å². The molecule has 1 fully saturated rings. The second kappa shape index (κ2) is 5.43. The number of nitrogens with two attached hydrogens (primary N) is 1. The Kier molecular flexibility index (Phi) is 3.62. The van der Waals surface area contributed by atoms with Gasteiger partial charge in [-0.2, -0.15) is 0 Å². The molecule has 1 aliphatic rings. The molecular formula is C17H23N3O. The lowest BCUT2D eigenvalue weighted by molar-refractivity contribution is 0.518. The lowest BCUT2D eigenvalue weighted by Crippen LogP contribution is -2.22. The van der Waals surface area contributed by atoms with E-state index < -0.39 is 0 Å². The highest BCUT2D eigenvalue weighted by atomic mass is 16.1. The fourth-order valence-corrected chi connectivity index (χ4v) is 3.54. The molecule has 1 aliphatic carbocycles. The number of benzene rings is 1. The van der Waals surface area contributed by atoms with Crippen LogP contribution in [-0.4, -0.2) is 9.36 Å². The Balaban J connectivity index is 2.21. The van der Waals surface area contributed by atoms with Crippen LogP contribution in [-0.2, 0) is 6.54 Å². The van der Waals surface area contributed by atoms with Crippen molar-refractivity contribution in [1.29, 1.82) is 0 Å². The van der Waals surface area contributed by atoms with Crippen LogP contribution in [0.2, 0.25) is 0 Å². The minimum Gasteiger partial charge on any atom is -0.393 e. The lowest BCUT2D eigenvalue weighted by atomic mass is 10.0. The van der Waals surface area contributed by atoms with Gasteiger partial charge < -0.3 is 5.73 Å². The largest absolute Gasteiger partial charge is 0.393 e. The molecule has 0 amide bonds. The molecule has 4 nitrogen and oxygen atoms in total. The van der Waals surface area contributed by atoms with E-state index in [0.29, 0.717) is 11.6 Å². The van der Waals surface area contributed by atoms with Crippen molar-refractivity contribution in [2.75, 3.05) is 5.73 Å². The van der Waals surface area contributed by atoms with Gasteiger partial charge in [-0.25, -0.2) is 4.68 Å². The third kappa shape index (κ3) is 2.28. The van der Waals surface area contributed by atoms with Crippen molar-refractivity contribution in [2.24, 2.45) is 0 Å². The van der Waals surface area contributed by atoms with Crippen molar-refractivity contribution >= 4 is 5.69 Å². The maximum absolute atomic E-state index is 12.7. The Morgan fingerprint density at radius 1 is 1.29 bits per heavy atom. The number of anilines is 1. The van der Waals surface area contributed by atoms with Gasteiger partial charge in [-0.05, 0) is 44.4 Å². The van der Waals surface area contributed by atoms with E-state index >= 15 is 0 Å². The van der Waals surface area contributed by atoms with Gasteiger partial charge in [0.2, 0.25) is 0 Å². The van der Waals surface area contributed by atoms with Crippen LogP contribution in [0.4, 0.5) is 5.69 Å². The molecule has 0 spiro atoms. The first kappa shape index (κ1) is 14.0. The van der Waals surface area contributed by atoms with E-state index in [1.54, 1.807) is 4.68 Å². The average Bonchev–Trinajstić information content (AvgIpc) is 3.06. The summed E-state index contributed by atoms with van der Waals surface area (Å²) in [6, 6.07) is 8.02. The quantitative estimate of drug-likeness (QED) is 0.941. The van der Waals surface area contributed by atoms with Gasteiger partial charge in [0, 0.05) is 12.5 Å². The van der Waals surface area contributed by atoms with Crippen LogP contribution < -0.4 is 11.3 Å². The topological polar surface area (TPSA) is 52.9 Å². The normalized spacial score (nSPS) is 15.7. The SMILES string of the molecule is CCn1c(C2CCCC2)c(N)c(=O)n1-c1cccc(C)c1. The van der Waals surface area contributed by atoms with E-state index in [2.05, 4.69) is 11.6 Å². The summed E-state index contributed by atoms with van der Waals surface area (Å²) in [4.78, 5) is 12.7. The number of hydrogen-bond acceptors (Lipinski definition) is 2. The maximum atomic E-state index is 12.7. The van der Waals surface area contributed by atoms with Gasteiger partial charge in [0.1, 0.15) is 5.69 Å². The number of nitrogens with zero attached hydrogens (tertiary/aromatic N) is 2. The number of aromatic nitrogens is 2. The molecule has 0 bridgehead atoms. The van der Waals surface area contributed by atoms with Crippen molar-refractivity contribution in [3.8, 4) is 5.69 Å². The lowest BCUT2D eigenvalue weighted by Gasteiger charge is -2.17. The van der Waals surface area contributed by atoms with Crippen LogP contribution in [0.15, 0.2) is 29.1 Å². The Bertz CT molecular complexity index is 705. The Morgan fingerprint density at radius 3 is 2.62 bits per heavy atom. The zero-order valence-electron chi connectivity index (χ0n) is 12.8. The Morgan fingerprint density at radius 2 is 2.00 bits per heavy atom. The van der Waals surface area contributed by atoms with Crippen LogP contribution in [0, 0.1) is 6.92 Å². The van der Waals surface area contributed by atoms with Gasteiger partial charge in [0.05, 0.1) is 11.4 Å². The van der Waals surface area contributed by atoms with E-state index in [4.69, 9.17) is 5.73 Å². The molecule has 2 N–H and O–H groups in total. The highest BCUT2D eigenvalue weighted by molar-refractivity contribution is 5.48. The highest BCUT2D eigenvalue weighted by Gasteiger charge is 2.27. The summed E-state index contributed by atoms with van der Waals surface area (Å²) in [5.74, 6) is 0.434. The molecule has 0 radical (unpaired) electrons. The summed E-state index contributed by atoms with van der Waals surface area (Å²) in [5.41, 5.74) is 9.62. The summed E-state index contributed by atoms with van der Waals surface area (Å²) < 4.78 is 3.82. The van der Waals surface area contributed by atoms with Crippen LogP contribution in [0.1, 0.15) is 49.8 Å². The summed E-state index contributed by atoms with van der Waals surface area (Å²) in [6.45, 7) is 4.87. The molecular weight excluding hydrogens is 262 g/mol. The first-order chi connectivity index (χ1) is 10.1. The fourth-order valence-electron chi connectivity index (χ4n) is 3.54. The van der Waals surface area contributed by atoms with Crippen molar-refractivity contribution in [2.45, 2.75) is 52.0 Å². The number of rotatable bonds is 3. The summed E-state index contributed by atoms with van der Waals surface area (Å²) >= 11 is 0. The van der Waals surface area contributed by atoms with Crippen LogP contribution in [0.25, 0.3) is 5.69 Å². The Labute approximate surface area is 125 Å². The minimum absolute atomic E-state index is 0.0793. The van der Waals surface area contributed by atoms with Crippen LogP contribution >= 0.6 is 0 Å². The van der Waals surface area contributed by atoms with Gasteiger partial charge in [0.15, 0.2) is 0 Å². The standard InChI is InChI=1S/C17H23N3O/c1-3-19-16(13-8-4-5-9-13)15(18)17(21)20(19)14-10-6-7-12(2)11-14/h6-7,10-11,13H,3-5,8-9,18H2,1-2H3. The van der Waals surface area contributed by atoms with Crippen molar-refractivity contribution in [1.82, 2.24) is 9.36 Å². The Hall–Kier alpha value is -1.97. The molecule has 2 aromatic rings. The first-order valence-electron chi connectivity index (χ1n) is 7.81. The highest BCUT2D eigenvalue weighted by Crippen LogP contribution is 2.36. The summed E-state index contributed by atoms with van der Waals surface area (Å²) in [5, 5.41) is 0. The molecule has 3 rings (SSSR count). The zero-order chi connectivity index (χ0) is 15.0. The number of aryl methyl sites for hydroxylation is 1. The molecule has 1 aromatic heterocycles. The molecule has 0 aliphatic heterocycles. The molecule has 0 atom stereocenters. The molecule has 1 aromatic carbocycles. The van der Waals surface area contributed by atoms with Gasteiger partial charge in [0.25, 0.3) is 5.56 Å². The second-order valence-electron chi connectivity index (χ2n) is 5.95. The predicted octanol–water partition coefficient (Wildman–Crippen LogP) is 3.21. The monoisotopic (exact) mass is 285 g/mol. The van der Waals surface area contributed by atoms with Gasteiger partial charge in [-0.15, -0.1) is 0 Å². The smallest absolute Gasteiger partial charge is 0.294 e. The van der Waals surface area contributed by atoms with Crippen LogP contribution in [0.3, 0.4) is 0 Å². The van der Waals surface area contributed by atoms with E-state index in [1.807, 2.05) is 31.2 Å². The minimum atomic E-state index is -0.0793. The molecule has 1 heterocycles. The van der Waals surface area contributed by atoms with Gasteiger partial charge in [-0.1, -0.05) is 25.0 Å². The maximum Gasteiger partial charge on any atom is 0.294 e. The third-order valence-electron chi connectivity index (χ3n) is 4.51. The van der Waals surface area contributed by atoms with Gasteiger partial charge in [-0.3, -0.25) is 9.48 Å². The molecule has 112 valence electrons. The second-order valence-corrected chi connectivity index (χ2v) is 5.95. The molecule has 21 heavy (non-hydrogen) atoms. The van der Waals surface area contributed by atoms with Crippen molar-refractivity contribution in [3.63, 3.8) is 0 Å². The molecule has 0 unspecified atom stereocenters. The molecule has 0 saturated heterocycles. The van der Waals surface area contributed by atoms with E-state index in [0.717, 1.165) is 36.3 Å². The number of hydrogen-bond donors (Lipinski definition) is 1. The summed E-state index contributed by atoms with van der Waals surface area (Å²) in [6.07, 6.45) is 4.75. The molecule has 4 heteroatoms. The van der Waals surface area contributed by atoms with Crippen molar-refractivity contribution in [3.05, 3.63) is 45.9 Å². The van der Waals surface area contributed by atoms with Crippen LogP contribution in [0.5, 0.6) is 0 Å². The molecule has 1 saturated carbocycles. The first-order valence-corrected chi connectivity index (χ1v) is 7.81. The van der Waals surface area contributed by atoms with Crippen molar-refractivity contribution < 1.29 is 0 Å². The third-order valence-corrected chi connectivity index (χ3v) is 4.51. The van der Waals surface area contributed by atoms with E-state index in [1.165, 1.54) is 12.8 Å². The van der Waals surface area contributed by atoms with E-state index in [-0.39, 0.29) is 5.56 Å². The number of nitrogen functional groups attached to an aromatic ring is 1.